The molecular formula is C14H18O2. The van der Waals surface area contributed by atoms with E-state index in [1.165, 1.54) is 5.57 Å². The summed E-state index contributed by atoms with van der Waals surface area (Å²) in [5, 5.41) is 0. The van der Waals surface area contributed by atoms with Crippen molar-refractivity contribution in [3.8, 4) is 5.75 Å². The topological polar surface area (TPSA) is 26.3 Å². The smallest absolute Gasteiger partial charge is 0.127 e. The molecule has 1 aromatic carbocycles. The molecule has 16 heavy (non-hydrogen) atoms. The van der Waals surface area contributed by atoms with Crippen LogP contribution in [0.5, 0.6) is 5.75 Å². The molecular weight excluding hydrogens is 200 g/mol. The monoisotopic (exact) mass is 218 g/mol. The van der Waals surface area contributed by atoms with Crippen molar-refractivity contribution in [2.24, 2.45) is 5.92 Å². The molecule has 1 aromatic rings. The van der Waals surface area contributed by atoms with Gasteiger partial charge in [-0.2, -0.15) is 0 Å². The van der Waals surface area contributed by atoms with E-state index in [4.69, 9.17) is 4.74 Å². The average Bonchev–Trinajstić information content (AvgIpc) is 2.28. The molecule has 0 radical (unpaired) electrons. The maximum absolute atomic E-state index is 10.9. The lowest BCUT2D eigenvalue weighted by Gasteiger charge is -2.07. The standard InChI is InChI=1S/C14H18O2/c1-11(2)7-13(10-15)8-12-5-4-6-14(9-12)16-3/h4-7,9-10,13H,8H2,1-3H3. The SMILES string of the molecule is COc1cccc(CC(C=O)C=C(C)C)c1. The van der Waals surface area contributed by atoms with Crippen molar-refractivity contribution in [2.45, 2.75) is 20.3 Å². The normalized spacial score (nSPS) is 11.7. The van der Waals surface area contributed by atoms with Crippen molar-refractivity contribution in [3.63, 3.8) is 0 Å². The zero-order valence-corrected chi connectivity index (χ0v) is 10.1. The number of hydrogen-bond acceptors (Lipinski definition) is 2. The van der Waals surface area contributed by atoms with Crippen LogP contribution >= 0.6 is 0 Å². The maximum atomic E-state index is 10.9. The molecule has 0 aliphatic heterocycles. The summed E-state index contributed by atoms with van der Waals surface area (Å²) in [4.78, 5) is 10.9. The molecule has 0 saturated heterocycles. The number of methoxy groups -OCH3 is 1. The Labute approximate surface area is 96.9 Å². The largest absolute Gasteiger partial charge is 0.497 e. The van der Waals surface area contributed by atoms with E-state index in [1.54, 1.807) is 7.11 Å². The van der Waals surface area contributed by atoms with E-state index in [0.717, 1.165) is 24.0 Å². The van der Waals surface area contributed by atoms with Crippen molar-refractivity contribution in [3.05, 3.63) is 41.5 Å². The molecule has 2 heteroatoms. The van der Waals surface area contributed by atoms with Crippen molar-refractivity contribution < 1.29 is 9.53 Å². The molecule has 0 aliphatic rings. The number of hydrogen-bond donors (Lipinski definition) is 0. The molecule has 2 nitrogen and oxygen atoms in total. The first-order chi connectivity index (χ1) is 7.65. The first-order valence-corrected chi connectivity index (χ1v) is 5.39. The average molecular weight is 218 g/mol. The van der Waals surface area contributed by atoms with E-state index in [1.807, 2.05) is 44.2 Å². The molecule has 1 atom stereocenters. The van der Waals surface area contributed by atoms with Crippen LogP contribution in [0.1, 0.15) is 19.4 Å². The molecule has 0 N–H and O–H groups in total. The van der Waals surface area contributed by atoms with Gasteiger partial charge in [-0.15, -0.1) is 0 Å². The van der Waals surface area contributed by atoms with Crippen LogP contribution < -0.4 is 4.74 Å². The molecule has 0 spiro atoms. The number of rotatable bonds is 5. The maximum Gasteiger partial charge on any atom is 0.127 e. The summed E-state index contributed by atoms with van der Waals surface area (Å²) in [6.45, 7) is 4.00. The van der Waals surface area contributed by atoms with Crippen LogP contribution in [0.3, 0.4) is 0 Å². The van der Waals surface area contributed by atoms with Crippen LogP contribution in [0.15, 0.2) is 35.9 Å². The molecule has 0 saturated carbocycles. The number of benzene rings is 1. The first kappa shape index (κ1) is 12.5. The van der Waals surface area contributed by atoms with Gasteiger partial charge < -0.3 is 9.53 Å². The van der Waals surface area contributed by atoms with Crippen molar-refractivity contribution in [1.29, 1.82) is 0 Å². The third kappa shape index (κ3) is 3.89. The number of carbonyl (C=O) groups is 1. The molecule has 0 heterocycles. The van der Waals surface area contributed by atoms with E-state index >= 15 is 0 Å². The van der Waals surface area contributed by atoms with Gasteiger partial charge in [0.1, 0.15) is 12.0 Å². The van der Waals surface area contributed by atoms with Gasteiger partial charge in [-0.3, -0.25) is 0 Å². The Morgan fingerprint density at radius 2 is 2.19 bits per heavy atom. The van der Waals surface area contributed by atoms with Gasteiger partial charge in [0.2, 0.25) is 0 Å². The van der Waals surface area contributed by atoms with Crippen LogP contribution in [-0.4, -0.2) is 13.4 Å². The highest BCUT2D eigenvalue weighted by atomic mass is 16.5. The minimum Gasteiger partial charge on any atom is -0.497 e. The van der Waals surface area contributed by atoms with Gasteiger partial charge in [-0.25, -0.2) is 0 Å². The van der Waals surface area contributed by atoms with Crippen molar-refractivity contribution in [1.82, 2.24) is 0 Å². The lowest BCUT2D eigenvalue weighted by molar-refractivity contribution is -0.109. The molecule has 1 unspecified atom stereocenters. The lowest BCUT2D eigenvalue weighted by Crippen LogP contribution is -2.03. The Bertz CT molecular complexity index is 376. The zero-order chi connectivity index (χ0) is 12.0. The molecule has 0 fully saturated rings. The Balaban J connectivity index is 2.77. The van der Waals surface area contributed by atoms with Crippen LogP contribution in [-0.2, 0) is 11.2 Å². The van der Waals surface area contributed by atoms with Crippen LogP contribution in [0.25, 0.3) is 0 Å². The summed E-state index contributed by atoms with van der Waals surface area (Å²) >= 11 is 0. The zero-order valence-electron chi connectivity index (χ0n) is 10.1. The number of aldehydes is 1. The van der Waals surface area contributed by atoms with Gasteiger partial charge in [0.15, 0.2) is 0 Å². The second-order valence-corrected chi connectivity index (χ2v) is 4.10. The van der Waals surface area contributed by atoms with Crippen molar-refractivity contribution >= 4 is 6.29 Å². The van der Waals surface area contributed by atoms with E-state index < -0.39 is 0 Å². The molecule has 0 amide bonds. The summed E-state index contributed by atoms with van der Waals surface area (Å²) in [5.41, 5.74) is 2.29. The van der Waals surface area contributed by atoms with Crippen LogP contribution in [0.4, 0.5) is 0 Å². The van der Waals surface area contributed by atoms with Crippen molar-refractivity contribution in [2.75, 3.05) is 7.11 Å². The predicted molar refractivity (Wildman–Crippen MR) is 65.7 cm³/mol. The molecule has 0 bridgehead atoms. The second-order valence-electron chi connectivity index (χ2n) is 4.10. The third-order valence-electron chi connectivity index (χ3n) is 2.33. The Kier molecular flexibility index (Phi) is 4.77. The van der Waals surface area contributed by atoms with Gasteiger partial charge in [-0.05, 0) is 38.0 Å². The molecule has 0 aliphatic carbocycles. The fourth-order valence-corrected chi connectivity index (χ4v) is 1.65. The minimum atomic E-state index is -0.0443. The Morgan fingerprint density at radius 1 is 1.44 bits per heavy atom. The summed E-state index contributed by atoms with van der Waals surface area (Å²) in [6.07, 6.45) is 3.71. The van der Waals surface area contributed by atoms with E-state index in [-0.39, 0.29) is 5.92 Å². The first-order valence-electron chi connectivity index (χ1n) is 5.39. The van der Waals surface area contributed by atoms with Crippen LogP contribution in [0, 0.1) is 5.92 Å². The Morgan fingerprint density at radius 3 is 2.75 bits per heavy atom. The Hall–Kier alpha value is -1.57. The summed E-state index contributed by atoms with van der Waals surface area (Å²) in [5.74, 6) is 0.788. The predicted octanol–water partition coefficient (Wildman–Crippen LogP) is 3.02. The number of ether oxygens (including phenoxy) is 1. The van der Waals surface area contributed by atoms with Gasteiger partial charge >= 0.3 is 0 Å². The van der Waals surface area contributed by atoms with Crippen LogP contribution in [0.2, 0.25) is 0 Å². The van der Waals surface area contributed by atoms with E-state index in [0.29, 0.717) is 0 Å². The summed E-state index contributed by atoms with van der Waals surface area (Å²) < 4.78 is 5.15. The lowest BCUT2D eigenvalue weighted by atomic mass is 9.98. The highest BCUT2D eigenvalue weighted by Gasteiger charge is 2.05. The van der Waals surface area contributed by atoms with E-state index in [2.05, 4.69) is 0 Å². The van der Waals surface area contributed by atoms with E-state index in [9.17, 15) is 4.79 Å². The number of allylic oxidation sites excluding steroid dienone is 2. The number of carbonyl (C=O) groups excluding carboxylic acids is 1. The quantitative estimate of drug-likeness (QED) is 0.561. The van der Waals surface area contributed by atoms with Gasteiger partial charge in [0.25, 0.3) is 0 Å². The highest BCUT2D eigenvalue weighted by molar-refractivity contribution is 5.57. The second kappa shape index (κ2) is 6.11. The molecule has 0 aromatic heterocycles. The van der Waals surface area contributed by atoms with Gasteiger partial charge in [-0.1, -0.05) is 23.8 Å². The van der Waals surface area contributed by atoms with Gasteiger partial charge in [0.05, 0.1) is 7.11 Å². The fourth-order valence-electron chi connectivity index (χ4n) is 1.65. The fraction of sp³-hybridized carbons (Fsp3) is 0.357. The van der Waals surface area contributed by atoms with Gasteiger partial charge in [0, 0.05) is 5.92 Å². The molecule has 86 valence electrons. The summed E-state index contributed by atoms with van der Waals surface area (Å²) in [7, 11) is 1.65. The third-order valence-corrected chi connectivity index (χ3v) is 2.33. The minimum absolute atomic E-state index is 0.0443. The summed E-state index contributed by atoms with van der Waals surface area (Å²) in [6, 6.07) is 7.83. The molecule has 1 rings (SSSR count). The highest BCUT2D eigenvalue weighted by Crippen LogP contribution is 2.16.